The molecule has 0 spiro atoms. The number of aromatic nitrogens is 3. The second kappa shape index (κ2) is 7.54. The summed E-state index contributed by atoms with van der Waals surface area (Å²) in [6.07, 6.45) is 3.52. The van der Waals surface area contributed by atoms with Crippen molar-refractivity contribution in [2.45, 2.75) is 39.0 Å². The number of nitrogens with one attached hydrogen (secondary N) is 1. The van der Waals surface area contributed by atoms with Crippen molar-refractivity contribution in [3.05, 3.63) is 47.8 Å². The number of anilines is 1. The van der Waals surface area contributed by atoms with Crippen molar-refractivity contribution in [2.24, 2.45) is 5.92 Å². The van der Waals surface area contributed by atoms with Gasteiger partial charge in [-0.25, -0.2) is 9.50 Å². The summed E-state index contributed by atoms with van der Waals surface area (Å²) < 4.78 is 1.85. The maximum absolute atomic E-state index is 12.3. The molecule has 1 amide bonds. The van der Waals surface area contributed by atoms with Crippen LogP contribution in [0.25, 0.3) is 4.96 Å². The molecule has 1 N–H and O–H groups in total. The highest BCUT2D eigenvalue weighted by atomic mass is 32.1. The molecule has 1 aromatic carbocycles. The Morgan fingerprint density at radius 1 is 1.25 bits per heavy atom. The maximum Gasteiger partial charge on any atom is 0.223 e. The van der Waals surface area contributed by atoms with Crippen LogP contribution < -0.4 is 5.32 Å². The van der Waals surface area contributed by atoms with Gasteiger partial charge >= 0.3 is 0 Å². The molecular weight excluding hydrogens is 370 g/mol. The highest BCUT2D eigenvalue weighted by Crippen LogP contribution is 2.26. The van der Waals surface area contributed by atoms with E-state index >= 15 is 0 Å². The fourth-order valence-corrected chi connectivity index (χ4v) is 4.27. The molecule has 3 aromatic rings. The molecule has 1 aliphatic rings. The van der Waals surface area contributed by atoms with Crippen LogP contribution in [0.15, 0.2) is 36.5 Å². The largest absolute Gasteiger partial charge is 0.360 e. The molecule has 3 heterocycles. The summed E-state index contributed by atoms with van der Waals surface area (Å²) in [6, 6.07) is 10.3. The second-order valence-corrected chi connectivity index (χ2v) is 9.49. The van der Waals surface area contributed by atoms with Gasteiger partial charge in [0.2, 0.25) is 16.0 Å². The third kappa shape index (κ3) is 4.19. The number of nitrogens with zero attached hydrogens (tertiary/aromatic N) is 4. The van der Waals surface area contributed by atoms with E-state index < -0.39 is 0 Å². The van der Waals surface area contributed by atoms with Crippen LogP contribution in [0.5, 0.6) is 0 Å². The van der Waals surface area contributed by atoms with E-state index in [4.69, 9.17) is 0 Å². The summed E-state index contributed by atoms with van der Waals surface area (Å²) >= 11 is 1.56. The van der Waals surface area contributed by atoms with Crippen molar-refractivity contribution in [3.63, 3.8) is 0 Å². The molecule has 1 atom stereocenters. The van der Waals surface area contributed by atoms with Crippen LogP contribution >= 0.6 is 11.3 Å². The Morgan fingerprint density at radius 3 is 2.75 bits per heavy atom. The number of amides is 1. The van der Waals surface area contributed by atoms with Gasteiger partial charge in [-0.15, -0.1) is 5.10 Å². The van der Waals surface area contributed by atoms with E-state index in [0.717, 1.165) is 41.8 Å². The first-order valence-electron chi connectivity index (χ1n) is 9.81. The highest BCUT2D eigenvalue weighted by Gasteiger charge is 2.29. The average Bonchev–Trinajstić information content (AvgIpc) is 3.31. The molecule has 1 unspecified atom stereocenters. The van der Waals surface area contributed by atoms with Crippen LogP contribution in [0, 0.1) is 5.92 Å². The van der Waals surface area contributed by atoms with Gasteiger partial charge in [0.1, 0.15) is 0 Å². The van der Waals surface area contributed by atoms with Crippen LogP contribution in [0.3, 0.4) is 0 Å². The van der Waals surface area contributed by atoms with Crippen LogP contribution in [-0.2, 0) is 16.6 Å². The summed E-state index contributed by atoms with van der Waals surface area (Å²) in [5.41, 5.74) is 2.35. The number of rotatable bonds is 6. The minimum Gasteiger partial charge on any atom is -0.360 e. The van der Waals surface area contributed by atoms with E-state index in [9.17, 15) is 4.79 Å². The summed E-state index contributed by atoms with van der Waals surface area (Å²) in [7, 11) is 0. The first kappa shape index (κ1) is 18.9. The number of carbonyl (C=O) groups excluding carboxylic acids is 1. The molecule has 0 saturated carbocycles. The first-order valence-corrected chi connectivity index (χ1v) is 10.6. The van der Waals surface area contributed by atoms with Gasteiger partial charge in [0.25, 0.3) is 0 Å². The molecular formula is C21H27N5OS. The van der Waals surface area contributed by atoms with E-state index in [1.165, 1.54) is 5.56 Å². The predicted molar refractivity (Wildman–Crippen MR) is 113 cm³/mol. The summed E-state index contributed by atoms with van der Waals surface area (Å²) in [5, 5.41) is 8.85. The van der Waals surface area contributed by atoms with E-state index in [1.54, 1.807) is 11.3 Å². The van der Waals surface area contributed by atoms with Gasteiger partial charge in [-0.2, -0.15) is 0 Å². The van der Waals surface area contributed by atoms with E-state index in [-0.39, 0.29) is 11.3 Å². The lowest BCUT2D eigenvalue weighted by Crippen LogP contribution is -2.28. The van der Waals surface area contributed by atoms with Gasteiger partial charge in [-0.3, -0.25) is 4.79 Å². The number of hydrogen-bond acceptors (Lipinski definition) is 5. The van der Waals surface area contributed by atoms with Crippen molar-refractivity contribution in [1.29, 1.82) is 0 Å². The molecule has 1 fully saturated rings. The Kier molecular flexibility index (Phi) is 5.10. The third-order valence-electron chi connectivity index (χ3n) is 5.16. The molecule has 1 saturated heterocycles. The molecule has 0 radical (unpaired) electrons. The van der Waals surface area contributed by atoms with Crippen LogP contribution in [0.4, 0.5) is 5.13 Å². The maximum atomic E-state index is 12.3. The first-order chi connectivity index (χ1) is 13.4. The van der Waals surface area contributed by atoms with Gasteiger partial charge in [0.15, 0.2) is 0 Å². The van der Waals surface area contributed by atoms with Crippen molar-refractivity contribution in [1.82, 2.24) is 19.5 Å². The van der Waals surface area contributed by atoms with Crippen molar-refractivity contribution < 1.29 is 4.79 Å². The molecule has 6 nitrogen and oxygen atoms in total. The molecule has 0 bridgehead atoms. The van der Waals surface area contributed by atoms with Gasteiger partial charge in [-0.05, 0) is 12.0 Å². The number of imidazole rings is 1. The van der Waals surface area contributed by atoms with Crippen LogP contribution in [0.2, 0.25) is 0 Å². The Labute approximate surface area is 169 Å². The van der Waals surface area contributed by atoms with Gasteiger partial charge < -0.3 is 10.2 Å². The van der Waals surface area contributed by atoms with Gasteiger partial charge in [-0.1, -0.05) is 62.4 Å². The smallest absolute Gasteiger partial charge is 0.223 e. The fourth-order valence-electron chi connectivity index (χ4n) is 3.48. The quantitative estimate of drug-likeness (QED) is 0.690. The Balaban J connectivity index is 1.30. The minimum atomic E-state index is 0.0223. The van der Waals surface area contributed by atoms with E-state index in [0.29, 0.717) is 12.3 Å². The van der Waals surface area contributed by atoms with Gasteiger partial charge in [0.05, 0.1) is 11.9 Å². The number of benzene rings is 1. The monoisotopic (exact) mass is 397 g/mol. The zero-order valence-electron chi connectivity index (χ0n) is 16.7. The Bertz CT molecular complexity index is 925. The van der Waals surface area contributed by atoms with Crippen molar-refractivity contribution >= 4 is 27.3 Å². The van der Waals surface area contributed by atoms with Gasteiger partial charge in [0, 0.05) is 37.4 Å². The third-order valence-corrected chi connectivity index (χ3v) is 6.04. The Hall–Kier alpha value is -2.41. The number of fused-ring (bicyclic) bond motifs is 1. The topological polar surface area (TPSA) is 62.5 Å². The average molecular weight is 398 g/mol. The molecule has 148 valence electrons. The Morgan fingerprint density at radius 2 is 2.04 bits per heavy atom. The lowest BCUT2D eigenvalue weighted by atomic mass is 9.93. The lowest BCUT2D eigenvalue weighted by molar-refractivity contribution is -0.127. The highest BCUT2D eigenvalue weighted by molar-refractivity contribution is 7.20. The normalized spacial score (nSPS) is 17.6. The van der Waals surface area contributed by atoms with Crippen molar-refractivity contribution in [2.75, 3.05) is 25.0 Å². The van der Waals surface area contributed by atoms with Crippen molar-refractivity contribution in [3.8, 4) is 0 Å². The summed E-state index contributed by atoms with van der Waals surface area (Å²) in [6.45, 7) is 8.82. The zero-order valence-corrected chi connectivity index (χ0v) is 17.5. The molecule has 1 aliphatic heterocycles. The SMILES string of the molecule is CC(C)(C)c1cn2nc(NCC3CC(=O)N(CCc4ccccc4)C3)sc2n1. The standard InChI is InChI=1S/C21H27N5OS/c1-21(2,3)17-14-26-20(23-17)28-19(24-26)22-12-16-11-18(27)25(13-16)10-9-15-7-5-4-6-8-15/h4-8,14,16H,9-13H2,1-3H3,(H,22,24). The van der Waals surface area contributed by atoms with E-state index in [1.807, 2.05) is 33.8 Å². The zero-order chi connectivity index (χ0) is 19.7. The summed E-state index contributed by atoms with van der Waals surface area (Å²) in [5.74, 6) is 0.580. The molecule has 4 rings (SSSR count). The minimum absolute atomic E-state index is 0.0223. The number of hydrogen-bond donors (Lipinski definition) is 1. The molecule has 0 aliphatic carbocycles. The van der Waals surface area contributed by atoms with E-state index in [2.05, 4.69) is 48.3 Å². The molecule has 2 aromatic heterocycles. The number of likely N-dealkylation sites (tertiary alicyclic amines) is 1. The van der Waals surface area contributed by atoms with Crippen LogP contribution in [-0.4, -0.2) is 45.0 Å². The van der Waals surface area contributed by atoms with Crippen LogP contribution in [0.1, 0.15) is 38.4 Å². The lowest BCUT2D eigenvalue weighted by Gasteiger charge is -2.16. The number of carbonyl (C=O) groups is 1. The predicted octanol–water partition coefficient (Wildman–Crippen LogP) is 3.59. The molecule has 7 heteroatoms. The second-order valence-electron chi connectivity index (χ2n) is 8.54. The fraction of sp³-hybridized carbons (Fsp3) is 0.476. The summed E-state index contributed by atoms with van der Waals surface area (Å²) in [4.78, 5) is 19.9. The molecule has 28 heavy (non-hydrogen) atoms.